The highest BCUT2D eigenvalue weighted by Crippen LogP contribution is 2.43. The molecular formula is C33H33FNS+. The zero-order chi connectivity index (χ0) is 25.6. The Balaban J connectivity index is 1.79. The average molecular weight is 495 g/mol. The molecule has 5 rings (SSSR count). The first-order valence-electron chi connectivity index (χ1n) is 12.7. The van der Waals surface area contributed by atoms with E-state index in [4.69, 9.17) is 0 Å². The first kappa shape index (κ1) is 24.4. The van der Waals surface area contributed by atoms with E-state index >= 15 is 4.39 Å². The van der Waals surface area contributed by atoms with Crippen LogP contribution in [0.25, 0.3) is 43.0 Å². The molecule has 5 aromatic rings. The summed E-state index contributed by atoms with van der Waals surface area (Å²) in [6.45, 7) is 10.8. The molecule has 182 valence electrons. The Morgan fingerprint density at radius 2 is 1.33 bits per heavy atom. The Labute approximate surface area is 217 Å². The largest absolute Gasteiger partial charge is 0.270 e. The van der Waals surface area contributed by atoms with E-state index in [1.165, 1.54) is 32.5 Å². The van der Waals surface area contributed by atoms with Crippen LogP contribution in [0.2, 0.25) is 0 Å². The number of hydrogen-bond donors (Lipinski definition) is 0. The Hall–Kier alpha value is -3.30. The molecule has 1 nitrogen and oxygen atoms in total. The van der Waals surface area contributed by atoms with Gasteiger partial charge in [-0.15, -0.1) is 0 Å². The van der Waals surface area contributed by atoms with Crippen LogP contribution in [0.3, 0.4) is 0 Å². The predicted octanol–water partition coefficient (Wildman–Crippen LogP) is 9.42. The number of aryl methyl sites for hydroxylation is 2. The molecular weight excluding hydrogens is 461 g/mol. The minimum atomic E-state index is -0.156. The van der Waals surface area contributed by atoms with Gasteiger partial charge in [-0.05, 0) is 70.3 Å². The Morgan fingerprint density at radius 1 is 0.722 bits per heavy atom. The molecule has 0 N–H and O–H groups in total. The third-order valence-electron chi connectivity index (χ3n) is 7.10. The number of nitrogens with zero attached hydrogens (tertiary/aromatic N) is 1. The van der Waals surface area contributed by atoms with E-state index in [1.807, 2.05) is 13.0 Å². The minimum absolute atomic E-state index is 0.156. The van der Waals surface area contributed by atoms with Crippen LogP contribution in [-0.2, 0) is 7.05 Å². The van der Waals surface area contributed by atoms with Crippen molar-refractivity contribution in [2.24, 2.45) is 7.05 Å². The monoisotopic (exact) mass is 494 g/mol. The smallest absolute Gasteiger partial charge is 0.206 e. The van der Waals surface area contributed by atoms with E-state index in [-0.39, 0.29) is 17.7 Å². The zero-order valence-electron chi connectivity index (χ0n) is 21.9. The molecule has 4 aromatic carbocycles. The fourth-order valence-electron chi connectivity index (χ4n) is 5.14. The number of aromatic nitrogens is 1. The van der Waals surface area contributed by atoms with Gasteiger partial charge in [0.15, 0.2) is 0 Å². The second kappa shape index (κ2) is 9.63. The summed E-state index contributed by atoms with van der Waals surface area (Å²) in [6.07, 6.45) is 0. The maximum atomic E-state index is 15.8. The van der Waals surface area contributed by atoms with Crippen molar-refractivity contribution in [2.75, 3.05) is 0 Å². The third kappa shape index (κ3) is 4.26. The Morgan fingerprint density at radius 3 is 1.94 bits per heavy atom. The van der Waals surface area contributed by atoms with Crippen LogP contribution in [0.4, 0.5) is 4.39 Å². The van der Waals surface area contributed by atoms with E-state index in [2.05, 4.69) is 106 Å². The van der Waals surface area contributed by atoms with Crippen LogP contribution in [0.15, 0.2) is 78.9 Å². The third-order valence-corrected chi connectivity index (χ3v) is 8.35. The fourth-order valence-corrected chi connectivity index (χ4v) is 6.37. The summed E-state index contributed by atoms with van der Waals surface area (Å²) in [5.74, 6) is 0.354. The molecule has 0 unspecified atom stereocenters. The molecule has 0 aliphatic rings. The van der Waals surface area contributed by atoms with Gasteiger partial charge in [0.1, 0.15) is 17.6 Å². The molecule has 0 aliphatic carbocycles. The molecule has 0 atom stereocenters. The van der Waals surface area contributed by atoms with Crippen molar-refractivity contribution in [1.82, 2.24) is 0 Å². The number of thiazole rings is 1. The zero-order valence-corrected chi connectivity index (χ0v) is 22.7. The molecule has 0 fully saturated rings. The number of para-hydroxylation sites is 1. The lowest BCUT2D eigenvalue weighted by molar-refractivity contribution is -0.629. The molecule has 0 aliphatic heterocycles. The van der Waals surface area contributed by atoms with E-state index in [1.54, 1.807) is 17.4 Å². The highest BCUT2D eigenvalue weighted by Gasteiger charge is 2.25. The minimum Gasteiger partial charge on any atom is -0.206 e. The summed E-state index contributed by atoms with van der Waals surface area (Å²) in [6, 6.07) is 27.3. The van der Waals surface area contributed by atoms with Gasteiger partial charge >= 0.3 is 0 Å². The lowest BCUT2D eigenvalue weighted by Crippen LogP contribution is -2.28. The summed E-state index contributed by atoms with van der Waals surface area (Å²) in [5, 5.41) is 1.15. The average Bonchev–Trinajstić information content (AvgIpc) is 3.20. The van der Waals surface area contributed by atoms with Gasteiger partial charge < -0.3 is 0 Å². The molecule has 36 heavy (non-hydrogen) atoms. The Bertz CT molecular complexity index is 1530. The van der Waals surface area contributed by atoms with Gasteiger partial charge in [-0.2, -0.15) is 4.57 Å². The van der Waals surface area contributed by atoms with Crippen LogP contribution in [-0.4, -0.2) is 0 Å². The molecule has 0 amide bonds. The lowest BCUT2D eigenvalue weighted by atomic mass is 9.81. The number of halogens is 1. The van der Waals surface area contributed by atoms with Crippen LogP contribution >= 0.6 is 11.3 Å². The fraction of sp³-hybridized carbons (Fsp3) is 0.242. The normalized spacial score (nSPS) is 11.7. The van der Waals surface area contributed by atoms with E-state index in [0.29, 0.717) is 5.56 Å². The van der Waals surface area contributed by atoms with Gasteiger partial charge in [0, 0.05) is 11.6 Å². The van der Waals surface area contributed by atoms with Crippen molar-refractivity contribution in [2.45, 2.75) is 46.5 Å². The molecule has 0 saturated heterocycles. The van der Waals surface area contributed by atoms with Gasteiger partial charge in [-0.25, -0.2) is 4.39 Å². The van der Waals surface area contributed by atoms with E-state index in [9.17, 15) is 0 Å². The number of benzene rings is 4. The maximum Gasteiger partial charge on any atom is 0.270 e. The molecule has 3 heteroatoms. The summed E-state index contributed by atoms with van der Waals surface area (Å²) >= 11 is 1.76. The highest BCUT2D eigenvalue weighted by molar-refractivity contribution is 7.21. The first-order chi connectivity index (χ1) is 17.3. The number of rotatable bonds is 5. The van der Waals surface area contributed by atoms with Gasteiger partial charge in [-0.1, -0.05) is 93.6 Å². The van der Waals surface area contributed by atoms with Crippen molar-refractivity contribution in [3.05, 3.63) is 101 Å². The molecule has 1 heterocycles. The quantitative estimate of drug-likeness (QED) is 0.214. The lowest BCUT2D eigenvalue weighted by Gasteiger charge is -2.23. The van der Waals surface area contributed by atoms with Crippen LogP contribution in [0.5, 0.6) is 0 Å². The van der Waals surface area contributed by atoms with Gasteiger partial charge in [-0.3, -0.25) is 0 Å². The van der Waals surface area contributed by atoms with Crippen molar-refractivity contribution in [3.63, 3.8) is 0 Å². The summed E-state index contributed by atoms with van der Waals surface area (Å²) in [7, 11) is 2.10. The summed E-state index contributed by atoms with van der Waals surface area (Å²) in [5.41, 5.74) is 9.74. The topological polar surface area (TPSA) is 3.88 Å². The molecule has 1 aromatic heterocycles. The van der Waals surface area contributed by atoms with Crippen molar-refractivity contribution < 1.29 is 8.96 Å². The Kier molecular flexibility index (Phi) is 6.53. The van der Waals surface area contributed by atoms with Crippen LogP contribution < -0.4 is 4.57 Å². The second-order valence-electron chi connectivity index (χ2n) is 10.3. The number of hydrogen-bond acceptors (Lipinski definition) is 1. The second-order valence-corrected chi connectivity index (χ2v) is 11.3. The van der Waals surface area contributed by atoms with Crippen LogP contribution in [0, 0.1) is 12.7 Å². The first-order valence-corrected chi connectivity index (χ1v) is 13.5. The SMILES string of the molecule is Cc1cc(F)c(-c2c(C(C)C)cc(-c3ccccc3)cc2C(C)C)cc1-c1sc2ccccc2[n+]1C. The molecule has 0 radical (unpaired) electrons. The van der Waals surface area contributed by atoms with Gasteiger partial charge in [0.2, 0.25) is 5.52 Å². The van der Waals surface area contributed by atoms with E-state index < -0.39 is 0 Å². The maximum absolute atomic E-state index is 15.8. The summed E-state index contributed by atoms with van der Waals surface area (Å²) < 4.78 is 19.3. The predicted molar refractivity (Wildman–Crippen MR) is 152 cm³/mol. The van der Waals surface area contributed by atoms with Crippen molar-refractivity contribution in [1.29, 1.82) is 0 Å². The molecule has 0 bridgehead atoms. The van der Waals surface area contributed by atoms with Crippen LogP contribution in [0.1, 0.15) is 56.2 Å². The standard InChI is InChI=1S/C33H33FNS/c1-20(2)25-17-24(23-12-8-7-9-13-23)18-26(21(3)4)32(25)28-19-27(22(5)16-29(28)34)33-35(6)30-14-10-11-15-31(30)36-33/h7-21H,1-6H3/q+1. The van der Waals surface area contributed by atoms with Crippen molar-refractivity contribution >= 4 is 21.6 Å². The molecule has 0 spiro atoms. The number of fused-ring (bicyclic) bond motifs is 1. The molecule has 0 saturated carbocycles. The highest BCUT2D eigenvalue weighted by atomic mass is 32.1. The van der Waals surface area contributed by atoms with Gasteiger partial charge in [0.05, 0.1) is 5.56 Å². The van der Waals surface area contributed by atoms with Gasteiger partial charge in [0.25, 0.3) is 5.01 Å². The van der Waals surface area contributed by atoms with E-state index in [0.717, 1.165) is 21.7 Å². The summed E-state index contributed by atoms with van der Waals surface area (Å²) in [4.78, 5) is 0. The van der Waals surface area contributed by atoms with Crippen molar-refractivity contribution in [3.8, 4) is 32.8 Å².